The van der Waals surface area contributed by atoms with Crippen molar-refractivity contribution in [3.63, 3.8) is 0 Å². The minimum atomic E-state index is -0.621. The van der Waals surface area contributed by atoms with Crippen molar-refractivity contribution >= 4 is 11.9 Å². The molecule has 0 spiro atoms. The zero-order chi connectivity index (χ0) is 11.7. The van der Waals surface area contributed by atoms with Crippen LogP contribution in [0.3, 0.4) is 0 Å². The number of esters is 2. The van der Waals surface area contributed by atoms with E-state index >= 15 is 0 Å². The highest BCUT2D eigenvalue weighted by Crippen LogP contribution is 1.95. The molecule has 0 radical (unpaired) electrons. The lowest BCUT2D eigenvalue weighted by molar-refractivity contribution is -0.165. The highest BCUT2D eigenvalue weighted by molar-refractivity contribution is 5.75. The summed E-state index contributed by atoms with van der Waals surface area (Å²) >= 11 is 0. The SMILES string of the molecule is COCC(COC)OC(=O)COC(C)=O. The Balaban J connectivity index is 3.82. The van der Waals surface area contributed by atoms with Crippen LogP contribution in [0.5, 0.6) is 0 Å². The summed E-state index contributed by atoms with van der Waals surface area (Å²) in [5, 5.41) is 0. The molecule has 6 nitrogen and oxygen atoms in total. The van der Waals surface area contributed by atoms with E-state index in [1.165, 1.54) is 21.1 Å². The van der Waals surface area contributed by atoms with E-state index in [0.29, 0.717) is 0 Å². The zero-order valence-electron chi connectivity index (χ0n) is 9.15. The molecule has 15 heavy (non-hydrogen) atoms. The van der Waals surface area contributed by atoms with E-state index in [0.717, 1.165) is 0 Å². The molecule has 0 aliphatic carbocycles. The molecule has 0 atom stereocenters. The summed E-state index contributed by atoms with van der Waals surface area (Å²) in [6.07, 6.45) is -0.483. The molecule has 0 saturated heterocycles. The Hall–Kier alpha value is -1.14. The maximum Gasteiger partial charge on any atom is 0.344 e. The molecule has 0 rings (SSSR count). The van der Waals surface area contributed by atoms with Gasteiger partial charge in [-0.2, -0.15) is 0 Å². The minimum absolute atomic E-state index is 0.236. The summed E-state index contributed by atoms with van der Waals surface area (Å²) in [5.74, 6) is -1.15. The molecule has 88 valence electrons. The van der Waals surface area contributed by atoms with Crippen LogP contribution in [0.2, 0.25) is 0 Å². The zero-order valence-corrected chi connectivity index (χ0v) is 9.15. The third-order valence-corrected chi connectivity index (χ3v) is 1.40. The van der Waals surface area contributed by atoms with Crippen LogP contribution in [0, 0.1) is 0 Å². The highest BCUT2D eigenvalue weighted by atomic mass is 16.6. The Labute approximate surface area is 88.4 Å². The van der Waals surface area contributed by atoms with Crippen LogP contribution in [-0.4, -0.2) is 52.1 Å². The van der Waals surface area contributed by atoms with Crippen molar-refractivity contribution in [3.05, 3.63) is 0 Å². The van der Waals surface area contributed by atoms with Gasteiger partial charge in [0.1, 0.15) is 6.10 Å². The molecular weight excluding hydrogens is 204 g/mol. The highest BCUT2D eigenvalue weighted by Gasteiger charge is 2.14. The van der Waals surface area contributed by atoms with Gasteiger partial charge in [0.2, 0.25) is 0 Å². The Bertz CT molecular complexity index is 197. The fourth-order valence-electron chi connectivity index (χ4n) is 0.868. The van der Waals surface area contributed by atoms with Crippen molar-refractivity contribution in [1.82, 2.24) is 0 Å². The van der Waals surface area contributed by atoms with Crippen LogP contribution in [-0.2, 0) is 28.5 Å². The quantitative estimate of drug-likeness (QED) is 0.551. The molecule has 0 aromatic carbocycles. The standard InChI is InChI=1S/C9H16O6/c1-7(10)14-6-9(11)15-8(4-12-2)5-13-3/h8H,4-6H2,1-3H3. The van der Waals surface area contributed by atoms with Crippen molar-refractivity contribution in [2.75, 3.05) is 34.0 Å². The van der Waals surface area contributed by atoms with Crippen LogP contribution >= 0.6 is 0 Å². The first kappa shape index (κ1) is 13.9. The maximum atomic E-state index is 11.1. The van der Waals surface area contributed by atoms with Crippen molar-refractivity contribution < 1.29 is 28.5 Å². The van der Waals surface area contributed by atoms with E-state index in [1.807, 2.05) is 0 Å². The van der Waals surface area contributed by atoms with Gasteiger partial charge in [-0.05, 0) is 0 Å². The first-order chi connectivity index (χ1) is 7.10. The molecule has 0 aromatic heterocycles. The van der Waals surface area contributed by atoms with Crippen LogP contribution in [0.15, 0.2) is 0 Å². The van der Waals surface area contributed by atoms with E-state index < -0.39 is 18.0 Å². The lowest BCUT2D eigenvalue weighted by Crippen LogP contribution is -2.29. The number of ether oxygens (including phenoxy) is 4. The van der Waals surface area contributed by atoms with E-state index in [2.05, 4.69) is 4.74 Å². The summed E-state index contributed by atoms with van der Waals surface area (Å²) < 4.78 is 19.0. The van der Waals surface area contributed by atoms with Gasteiger partial charge in [-0.3, -0.25) is 4.79 Å². The van der Waals surface area contributed by atoms with E-state index in [1.54, 1.807) is 0 Å². The van der Waals surface area contributed by atoms with Gasteiger partial charge in [0.15, 0.2) is 6.61 Å². The molecule has 0 amide bonds. The maximum absolute atomic E-state index is 11.1. The van der Waals surface area contributed by atoms with Gasteiger partial charge >= 0.3 is 11.9 Å². The van der Waals surface area contributed by atoms with Crippen molar-refractivity contribution in [2.45, 2.75) is 13.0 Å². The van der Waals surface area contributed by atoms with Gasteiger partial charge in [0, 0.05) is 21.1 Å². The average molecular weight is 220 g/mol. The number of carbonyl (C=O) groups is 2. The number of carbonyl (C=O) groups excluding carboxylic acids is 2. The summed E-state index contributed by atoms with van der Waals surface area (Å²) in [4.78, 5) is 21.5. The molecule has 6 heteroatoms. The number of hydrogen-bond donors (Lipinski definition) is 0. The minimum Gasteiger partial charge on any atom is -0.455 e. The molecule has 0 aliphatic heterocycles. The lowest BCUT2D eigenvalue weighted by atomic mass is 10.4. The summed E-state index contributed by atoms with van der Waals surface area (Å²) in [6.45, 7) is 1.30. The molecule has 0 N–H and O–H groups in total. The number of methoxy groups -OCH3 is 2. The normalized spacial score (nSPS) is 10.1. The number of rotatable bonds is 7. The first-order valence-electron chi connectivity index (χ1n) is 4.40. The van der Waals surface area contributed by atoms with Crippen LogP contribution in [0.1, 0.15) is 6.92 Å². The third-order valence-electron chi connectivity index (χ3n) is 1.40. The summed E-state index contributed by atoms with van der Waals surface area (Å²) in [7, 11) is 2.98. The number of hydrogen-bond acceptors (Lipinski definition) is 6. The van der Waals surface area contributed by atoms with Gasteiger partial charge in [-0.25, -0.2) is 4.79 Å². The second kappa shape index (κ2) is 8.19. The molecule has 0 heterocycles. The smallest absolute Gasteiger partial charge is 0.344 e. The second-order valence-corrected chi connectivity index (χ2v) is 2.80. The average Bonchev–Trinajstić information content (AvgIpc) is 2.15. The molecule has 0 aromatic rings. The Kier molecular flexibility index (Phi) is 7.57. The molecule has 0 saturated carbocycles. The molecule has 0 fully saturated rings. The van der Waals surface area contributed by atoms with Crippen LogP contribution in [0.25, 0.3) is 0 Å². The van der Waals surface area contributed by atoms with Crippen LogP contribution < -0.4 is 0 Å². The van der Waals surface area contributed by atoms with Gasteiger partial charge in [-0.1, -0.05) is 0 Å². The topological polar surface area (TPSA) is 71.1 Å². The van der Waals surface area contributed by atoms with Crippen molar-refractivity contribution in [3.8, 4) is 0 Å². The van der Waals surface area contributed by atoms with Gasteiger partial charge in [-0.15, -0.1) is 0 Å². The van der Waals surface area contributed by atoms with Gasteiger partial charge in [0.05, 0.1) is 13.2 Å². The van der Waals surface area contributed by atoms with Crippen molar-refractivity contribution in [1.29, 1.82) is 0 Å². The molecule has 0 unspecified atom stereocenters. The van der Waals surface area contributed by atoms with Gasteiger partial charge < -0.3 is 18.9 Å². The fraction of sp³-hybridized carbons (Fsp3) is 0.778. The third kappa shape index (κ3) is 7.90. The predicted octanol–water partition coefficient (Wildman–Crippen LogP) is -0.246. The van der Waals surface area contributed by atoms with E-state index in [4.69, 9.17) is 14.2 Å². The molecule has 0 bridgehead atoms. The van der Waals surface area contributed by atoms with Gasteiger partial charge in [0.25, 0.3) is 0 Å². The van der Waals surface area contributed by atoms with Crippen molar-refractivity contribution in [2.24, 2.45) is 0 Å². The fourth-order valence-corrected chi connectivity index (χ4v) is 0.868. The van der Waals surface area contributed by atoms with E-state index in [-0.39, 0.29) is 19.8 Å². The second-order valence-electron chi connectivity index (χ2n) is 2.80. The molecule has 0 aliphatic rings. The largest absolute Gasteiger partial charge is 0.455 e. The summed E-state index contributed by atoms with van der Waals surface area (Å²) in [6, 6.07) is 0. The lowest BCUT2D eigenvalue weighted by Gasteiger charge is -2.15. The Morgan fingerprint density at radius 1 is 1.13 bits per heavy atom. The summed E-state index contributed by atoms with van der Waals surface area (Å²) in [5.41, 5.74) is 0. The molecular formula is C9H16O6. The first-order valence-corrected chi connectivity index (χ1v) is 4.40. The Morgan fingerprint density at radius 3 is 2.07 bits per heavy atom. The Morgan fingerprint density at radius 2 is 1.67 bits per heavy atom. The predicted molar refractivity (Wildman–Crippen MR) is 50.3 cm³/mol. The van der Waals surface area contributed by atoms with Crippen LogP contribution in [0.4, 0.5) is 0 Å². The monoisotopic (exact) mass is 220 g/mol. The van der Waals surface area contributed by atoms with E-state index in [9.17, 15) is 9.59 Å².